The lowest BCUT2D eigenvalue weighted by Crippen LogP contribution is -2.22. The zero-order valence-electron chi connectivity index (χ0n) is 11.0. The molecule has 2 aromatic carbocycles. The van der Waals surface area contributed by atoms with Gasteiger partial charge in [0, 0.05) is 23.3 Å². The summed E-state index contributed by atoms with van der Waals surface area (Å²) >= 11 is 0. The second kappa shape index (κ2) is 4.07. The molecule has 0 radical (unpaired) electrons. The summed E-state index contributed by atoms with van der Waals surface area (Å²) in [4.78, 5) is 0. The molecule has 2 atom stereocenters. The summed E-state index contributed by atoms with van der Waals surface area (Å²) in [6.45, 7) is 0.556. The van der Waals surface area contributed by atoms with Crippen LogP contribution >= 0.6 is 0 Å². The summed E-state index contributed by atoms with van der Waals surface area (Å²) in [5, 5.41) is 9.53. The van der Waals surface area contributed by atoms with Gasteiger partial charge in [-0.05, 0) is 18.2 Å². The van der Waals surface area contributed by atoms with Crippen LogP contribution in [0.4, 0.5) is 0 Å². The van der Waals surface area contributed by atoms with Crippen LogP contribution in [-0.4, -0.2) is 18.8 Å². The van der Waals surface area contributed by atoms with Gasteiger partial charge in [0.05, 0.1) is 19.6 Å². The highest BCUT2D eigenvalue weighted by Crippen LogP contribution is 2.52. The zero-order valence-corrected chi connectivity index (χ0v) is 11.0. The predicted molar refractivity (Wildman–Crippen MR) is 72.7 cm³/mol. The molecule has 0 spiro atoms. The Labute approximate surface area is 116 Å². The van der Waals surface area contributed by atoms with E-state index in [1.807, 2.05) is 24.3 Å². The van der Waals surface area contributed by atoms with Gasteiger partial charge in [0.25, 0.3) is 0 Å². The van der Waals surface area contributed by atoms with Gasteiger partial charge in [-0.2, -0.15) is 0 Å². The highest BCUT2D eigenvalue weighted by molar-refractivity contribution is 5.52. The lowest BCUT2D eigenvalue weighted by Gasteiger charge is -2.27. The summed E-state index contributed by atoms with van der Waals surface area (Å²) in [7, 11) is 1.64. The van der Waals surface area contributed by atoms with E-state index < -0.39 is 0 Å². The SMILES string of the molecule is COc1ccc2c(c1)O[C@H]1c3ccc(O)cc3OC[C@H]21. The number of hydrogen-bond donors (Lipinski definition) is 1. The van der Waals surface area contributed by atoms with Crippen LogP contribution in [0, 0.1) is 0 Å². The van der Waals surface area contributed by atoms with Crippen LogP contribution in [-0.2, 0) is 0 Å². The topological polar surface area (TPSA) is 47.9 Å². The lowest BCUT2D eigenvalue weighted by molar-refractivity contribution is 0.139. The minimum Gasteiger partial charge on any atom is -0.508 e. The average molecular weight is 270 g/mol. The van der Waals surface area contributed by atoms with E-state index in [0.29, 0.717) is 12.4 Å². The first kappa shape index (κ1) is 11.5. The molecule has 4 rings (SSSR count). The van der Waals surface area contributed by atoms with Crippen molar-refractivity contribution in [3.05, 3.63) is 47.5 Å². The Morgan fingerprint density at radius 2 is 1.95 bits per heavy atom. The van der Waals surface area contributed by atoms with Gasteiger partial charge in [-0.15, -0.1) is 0 Å². The Kier molecular flexibility index (Phi) is 2.33. The zero-order chi connectivity index (χ0) is 13.7. The number of fused-ring (bicyclic) bond motifs is 5. The molecule has 2 aliphatic heterocycles. The molecule has 2 aromatic rings. The second-order valence-electron chi connectivity index (χ2n) is 5.08. The van der Waals surface area contributed by atoms with Crippen molar-refractivity contribution < 1.29 is 19.3 Å². The van der Waals surface area contributed by atoms with E-state index in [9.17, 15) is 5.11 Å². The number of phenols is 1. The smallest absolute Gasteiger partial charge is 0.138 e. The van der Waals surface area contributed by atoms with Crippen LogP contribution in [0.3, 0.4) is 0 Å². The first-order chi connectivity index (χ1) is 9.76. The van der Waals surface area contributed by atoms with Crippen molar-refractivity contribution in [1.29, 1.82) is 0 Å². The first-order valence-electron chi connectivity index (χ1n) is 6.56. The van der Waals surface area contributed by atoms with Crippen LogP contribution in [0.25, 0.3) is 0 Å². The van der Waals surface area contributed by atoms with E-state index in [4.69, 9.17) is 14.2 Å². The molecular weight excluding hydrogens is 256 g/mol. The molecular formula is C16H14O4. The third kappa shape index (κ3) is 1.54. The Morgan fingerprint density at radius 1 is 1.10 bits per heavy atom. The van der Waals surface area contributed by atoms with E-state index in [0.717, 1.165) is 22.6 Å². The monoisotopic (exact) mass is 270 g/mol. The van der Waals surface area contributed by atoms with Crippen LogP contribution in [0.2, 0.25) is 0 Å². The largest absolute Gasteiger partial charge is 0.508 e. The number of methoxy groups -OCH3 is 1. The average Bonchev–Trinajstić information content (AvgIpc) is 2.84. The maximum absolute atomic E-state index is 9.53. The molecule has 4 nitrogen and oxygen atoms in total. The standard InChI is InChI=1S/C16H14O4/c1-18-10-3-5-11-13-8-19-14-6-9(17)2-4-12(14)16(13)20-15(11)7-10/h2-7,13,16-17H,8H2,1H3/t13-,16+/m1/s1. The van der Waals surface area contributed by atoms with Gasteiger partial charge in [-0.25, -0.2) is 0 Å². The number of hydrogen-bond acceptors (Lipinski definition) is 4. The van der Waals surface area contributed by atoms with Gasteiger partial charge in [0.15, 0.2) is 0 Å². The third-order valence-electron chi connectivity index (χ3n) is 3.96. The lowest BCUT2D eigenvalue weighted by atomic mass is 9.89. The summed E-state index contributed by atoms with van der Waals surface area (Å²) in [5.74, 6) is 2.73. The molecule has 2 aliphatic rings. The van der Waals surface area contributed by atoms with Crippen molar-refractivity contribution in [2.75, 3.05) is 13.7 Å². The fraction of sp³-hybridized carbons (Fsp3) is 0.250. The van der Waals surface area contributed by atoms with Crippen LogP contribution < -0.4 is 14.2 Å². The van der Waals surface area contributed by atoms with E-state index in [1.54, 1.807) is 19.2 Å². The van der Waals surface area contributed by atoms with Crippen LogP contribution in [0.1, 0.15) is 23.1 Å². The molecule has 0 aromatic heterocycles. The summed E-state index contributed by atoms with van der Waals surface area (Å²) in [5.41, 5.74) is 2.13. The second-order valence-corrected chi connectivity index (χ2v) is 5.08. The molecule has 0 bridgehead atoms. The van der Waals surface area contributed by atoms with Crippen molar-refractivity contribution >= 4 is 0 Å². The molecule has 2 heterocycles. The predicted octanol–water partition coefficient (Wildman–Crippen LogP) is 3.01. The number of aromatic hydroxyl groups is 1. The van der Waals surface area contributed by atoms with Gasteiger partial charge in [0.2, 0.25) is 0 Å². The fourth-order valence-corrected chi connectivity index (χ4v) is 2.95. The van der Waals surface area contributed by atoms with Gasteiger partial charge in [-0.1, -0.05) is 6.07 Å². The maximum Gasteiger partial charge on any atom is 0.138 e. The maximum atomic E-state index is 9.53. The molecule has 0 saturated heterocycles. The highest BCUT2D eigenvalue weighted by Gasteiger charge is 2.40. The van der Waals surface area contributed by atoms with E-state index in [2.05, 4.69) is 0 Å². The molecule has 0 aliphatic carbocycles. The van der Waals surface area contributed by atoms with Crippen molar-refractivity contribution in [2.24, 2.45) is 0 Å². The summed E-state index contributed by atoms with van der Waals surface area (Å²) in [6, 6.07) is 11.1. The fourth-order valence-electron chi connectivity index (χ4n) is 2.95. The van der Waals surface area contributed by atoms with Gasteiger partial charge >= 0.3 is 0 Å². The number of ether oxygens (including phenoxy) is 3. The molecule has 20 heavy (non-hydrogen) atoms. The normalized spacial score (nSPS) is 22.1. The Balaban J connectivity index is 1.78. The molecule has 102 valence electrons. The molecule has 4 heteroatoms. The van der Waals surface area contributed by atoms with E-state index in [1.165, 1.54) is 0 Å². The molecule has 0 amide bonds. The van der Waals surface area contributed by atoms with Crippen molar-refractivity contribution in [3.8, 4) is 23.0 Å². The first-order valence-corrected chi connectivity index (χ1v) is 6.56. The van der Waals surface area contributed by atoms with Crippen LogP contribution in [0.15, 0.2) is 36.4 Å². The highest BCUT2D eigenvalue weighted by atomic mass is 16.5. The van der Waals surface area contributed by atoms with Crippen molar-refractivity contribution in [3.63, 3.8) is 0 Å². The summed E-state index contributed by atoms with van der Waals surface area (Å²) < 4.78 is 17.1. The van der Waals surface area contributed by atoms with E-state index in [-0.39, 0.29) is 17.8 Å². The minimum absolute atomic E-state index is 0.0542. The minimum atomic E-state index is -0.0542. The molecule has 0 saturated carbocycles. The van der Waals surface area contributed by atoms with Gasteiger partial charge in [0.1, 0.15) is 29.1 Å². The number of rotatable bonds is 1. The van der Waals surface area contributed by atoms with Gasteiger partial charge < -0.3 is 19.3 Å². The van der Waals surface area contributed by atoms with E-state index >= 15 is 0 Å². The third-order valence-corrected chi connectivity index (χ3v) is 3.96. The molecule has 1 N–H and O–H groups in total. The Morgan fingerprint density at radius 3 is 2.80 bits per heavy atom. The Bertz CT molecular complexity index is 680. The number of phenolic OH excluding ortho intramolecular Hbond substituents is 1. The number of benzene rings is 2. The quantitative estimate of drug-likeness (QED) is 0.865. The molecule has 0 unspecified atom stereocenters. The summed E-state index contributed by atoms with van der Waals surface area (Å²) in [6.07, 6.45) is -0.0542. The molecule has 0 fully saturated rings. The van der Waals surface area contributed by atoms with Crippen LogP contribution in [0.5, 0.6) is 23.0 Å². The van der Waals surface area contributed by atoms with Crippen molar-refractivity contribution in [2.45, 2.75) is 12.0 Å². The van der Waals surface area contributed by atoms with Crippen molar-refractivity contribution in [1.82, 2.24) is 0 Å². The Hall–Kier alpha value is -2.36. The van der Waals surface area contributed by atoms with Gasteiger partial charge in [-0.3, -0.25) is 0 Å².